The van der Waals surface area contributed by atoms with Gasteiger partial charge in [0.05, 0.1) is 22.2 Å². The third kappa shape index (κ3) is 3.77. The lowest BCUT2D eigenvalue weighted by atomic mass is 9.95. The fourth-order valence-electron chi connectivity index (χ4n) is 3.78. The van der Waals surface area contributed by atoms with E-state index in [4.69, 9.17) is 0 Å². The van der Waals surface area contributed by atoms with E-state index in [2.05, 4.69) is 4.98 Å². The summed E-state index contributed by atoms with van der Waals surface area (Å²) in [6.07, 6.45) is 0.649. The molecule has 1 N–H and O–H groups in total. The van der Waals surface area contributed by atoms with Crippen LogP contribution >= 0.6 is 11.3 Å². The molecule has 0 bridgehead atoms. The fraction of sp³-hybridized carbons (Fsp3) is 0.208. The zero-order valence-corrected chi connectivity index (χ0v) is 17.9. The van der Waals surface area contributed by atoms with E-state index in [-0.39, 0.29) is 5.57 Å². The van der Waals surface area contributed by atoms with Crippen molar-refractivity contribution in [1.29, 1.82) is 0 Å². The van der Waals surface area contributed by atoms with Gasteiger partial charge in [-0.05, 0) is 31.0 Å². The summed E-state index contributed by atoms with van der Waals surface area (Å²) in [7, 11) is 0. The first-order chi connectivity index (χ1) is 14.9. The molecule has 1 aliphatic rings. The molecular formula is C24H21FN2O3S. The Bertz CT molecular complexity index is 1170. The minimum atomic E-state index is -0.776. The second kappa shape index (κ2) is 8.43. The van der Waals surface area contributed by atoms with Crippen LogP contribution in [0.3, 0.4) is 0 Å². The van der Waals surface area contributed by atoms with Gasteiger partial charge in [0.2, 0.25) is 5.78 Å². The molecule has 1 aliphatic heterocycles. The maximum atomic E-state index is 13.6. The van der Waals surface area contributed by atoms with Crippen molar-refractivity contribution in [3.8, 4) is 10.6 Å². The van der Waals surface area contributed by atoms with E-state index in [9.17, 15) is 19.1 Å². The quantitative estimate of drug-likeness (QED) is 0.536. The molecule has 5 nitrogen and oxygen atoms in total. The van der Waals surface area contributed by atoms with Crippen LogP contribution < -0.4 is 0 Å². The van der Waals surface area contributed by atoms with Gasteiger partial charge in [-0.25, -0.2) is 9.37 Å². The molecule has 0 spiro atoms. The van der Waals surface area contributed by atoms with Gasteiger partial charge in [-0.3, -0.25) is 9.59 Å². The van der Waals surface area contributed by atoms with Crippen molar-refractivity contribution in [3.05, 3.63) is 87.9 Å². The molecule has 0 radical (unpaired) electrons. The van der Waals surface area contributed by atoms with Gasteiger partial charge >= 0.3 is 0 Å². The molecule has 4 rings (SSSR count). The third-order valence-corrected chi connectivity index (χ3v) is 6.43. The van der Waals surface area contributed by atoms with Gasteiger partial charge in [-0.2, -0.15) is 0 Å². The van der Waals surface area contributed by atoms with E-state index in [0.717, 1.165) is 5.56 Å². The molecule has 2 heterocycles. The molecule has 3 aromatic rings. The third-order valence-electron chi connectivity index (χ3n) is 5.22. The van der Waals surface area contributed by atoms with Crippen LogP contribution in [0.15, 0.2) is 65.9 Å². The van der Waals surface area contributed by atoms with Crippen LogP contribution in [0, 0.1) is 12.7 Å². The molecule has 1 atom stereocenters. The first-order valence-corrected chi connectivity index (χ1v) is 10.8. The fourth-order valence-corrected chi connectivity index (χ4v) is 4.81. The first-order valence-electron chi connectivity index (χ1n) is 9.99. The van der Waals surface area contributed by atoms with Crippen LogP contribution in [0.2, 0.25) is 0 Å². The number of thiazole rings is 1. The molecule has 0 saturated carbocycles. The molecule has 1 unspecified atom stereocenters. The highest BCUT2D eigenvalue weighted by Gasteiger charge is 2.44. The summed E-state index contributed by atoms with van der Waals surface area (Å²) in [5, 5.41) is 11.4. The highest BCUT2D eigenvalue weighted by molar-refractivity contribution is 7.17. The number of benzene rings is 2. The summed E-state index contributed by atoms with van der Waals surface area (Å²) < 4.78 is 13.5. The van der Waals surface area contributed by atoms with E-state index >= 15 is 0 Å². The zero-order chi connectivity index (χ0) is 22.1. The number of aliphatic hydroxyl groups excluding tert-OH is 1. The molecule has 1 amide bonds. The van der Waals surface area contributed by atoms with Gasteiger partial charge in [0, 0.05) is 12.1 Å². The lowest BCUT2D eigenvalue weighted by molar-refractivity contribution is -0.129. The summed E-state index contributed by atoms with van der Waals surface area (Å²) >= 11 is 1.23. The lowest BCUT2D eigenvalue weighted by Gasteiger charge is -2.26. The summed E-state index contributed by atoms with van der Waals surface area (Å²) in [5.41, 5.74) is 2.00. The number of carbonyl (C=O) groups excluding carboxylic acids is 2. The molecule has 0 saturated heterocycles. The van der Waals surface area contributed by atoms with Gasteiger partial charge in [0.25, 0.3) is 5.91 Å². The molecule has 2 aromatic carbocycles. The molecule has 0 aliphatic carbocycles. The second-order valence-corrected chi connectivity index (χ2v) is 8.34. The Balaban J connectivity index is 1.79. The van der Waals surface area contributed by atoms with Crippen molar-refractivity contribution in [2.45, 2.75) is 26.3 Å². The molecule has 158 valence electrons. The zero-order valence-electron chi connectivity index (χ0n) is 17.1. The minimum Gasteiger partial charge on any atom is -0.503 e. The number of amides is 1. The second-order valence-electron chi connectivity index (χ2n) is 7.34. The van der Waals surface area contributed by atoms with Gasteiger partial charge in [-0.1, -0.05) is 49.4 Å². The average molecular weight is 437 g/mol. The van der Waals surface area contributed by atoms with E-state index in [1.165, 1.54) is 40.5 Å². The topological polar surface area (TPSA) is 70.5 Å². The van der Waals surface area contributed by atoms with E-state index in [0.29, 0.717) is 34.1 Å². The monoisotopic (exact) mass is 436 g/mol. The largest absolute Gasteiger partial charge is 0.503 e. The summed E-state index contributed by atoms with van der Waals surface area (Å²) in [5.74, 6) is -2.00. The van der Waals surface area contributed by atoms with Crippen molar-refractivity contribution in [2.24, 2.45) is 0 Å². The number of aromatic nitrogens is 1. The normalized spacial score (nSPS) is 16.3. The van der Waals surface area contributed by atoms with Crippen LogP contribution in [0.25, 0.3) is 10.6 Å². The molecule has 1 aromatic heterocycles. The van der Waals surface area contributed by atoms with Crippen LogP contribution in [0.4, 0.5) is 4.39 Å². The molecule has 0 fully saturated rings. The van der Waals surface area contributed by atoms with Crippen molar-refractivity contribution in [1.82, 2.24) is 9.88 Å². The number of carbonyl (C=O) groups is 2. The summed E-state index contributed by atoms with van der Waals surface area (Å²) in [4.78, 5) is 32.7. The number of hydrogen-bond acceptors (Lipinski definition) is 5. The number of Topliss-reactive ketones (excluding diaryl/α,β-unsaturated/α-hetero) is 1. The standard InChI is InChI=1S/C24H21FN2O3S/c1-3-13-27-19(15-9-11-17(25)12-10-15)18(21(29)24(27)30)20(28)22-14(2)26-23(31-22)16-7-5-4-6-8-16/h4-12,19,29H,3,13H2,1-2H3. The predicted octanol–water partition coefficient (Wildman–Crippen LogP) is 5.25. The Labute approximate surface area is 183 Å². The minimum absolute atomic E-state index is 0.0106. The highest BCUT2D eigenvalue weighted by atomic mass is 32.1. The first kappa shape index (κ1) is 20.9. The molecular weight excluding hydrogens is 415 g/mol. The Morgan fingerprint density at radius 1 is 1.16 bits per heavy atom. The SMILES string of the molecule is CCCN1C(=O)C(O)=C(C(=O)c2sc(-c3ccccc3)nc2C)C1c1ccc(F)cc1. The van der Waals surface area contributed by atoms with Gasteiger partial charge in [0.1, 0.15) is 10.8 Å². The van der Waals surface area contributed by atoms with Crippen LogP contribution in [0.1, 0.15) is 40.3 Å². The van der Waals surface area contributed by atoms with Crippen molar-refractivity contribution >= 4 is 23.0 Å². The van der Waals surface area contributed by atoms with Crippen LogP contribution in [-0.4, -0.2) is 33.2 Å². The van der Waals surface area contributed by atoms with E-state index < -0.39 is 29.3 Å². The highest BCUT2D eigenvalue weighted by Crippen LogP contribution is 2.41. The van der Waals surface area contributed by atoms with Crippen molar-refractivity contribution < 1.29 is 19.1 Å². The Morgan fingerprint density at radius 3 is 2.48 bits per heavy atom. The number of hydrogen-bond donors (Lipinski definition) is 1. The van der Waals surface area contributed by atoms with Crippen molar-refractivity contribution in [3.63, 3.8) is 0 Å². The van der Waals surface area contributed by atoms with Crippen LogP contribution in [-0.2, 0) is 4.79 Å². The van der Waals surface area contributed by atoms with Gasteiger partial charge in [-0.15, -0.1) is 11.3 Å². The predicted molar refractivity (Wildman–Crippen MR) is 117 cm³/mol. The van der Waals surface area contributed by atoms with Crippen LogP contribution in [0.5, 0.6) is 0 Å². The van der Waals surface area contributed by atoms with Gasteiger partial charge in [0.15, 0.2) is 5.76 Å². The Kier molecular flexibility index (Phi) is 5.69. The maximum absolute atomic E-state index is 13.6. The number of aryl methyl sites for hydroxylation is 1. The van der Waals surface area contributed by atoms with Crippen molar-refractivity contribution in [2.75, 3.05) is 6.54 Å². The maximum Gasteiger partial charge on any atom is 0.290 e. The number of aliphatic hydroxyl groups is 1. The number of ketones is 1. The molecule has 7 heteroatoms. The average Bonchev–Trinajstić information content (AvgIpc) is 3.28. The molecule has 31 heavy (non-hydrogen) atoms. The number of nitrogens with zero attached hydrogens (tertiary/aromatic N) is 2. The van der Waals surface area contributed by atoms with E-state index in [1.807, 2.05) is 37.3 Å². The van der Waals surface area contributed by atoms with Gasteiger partial charge < -0.3 is 10.0 Å². The lowest BCUT2D eigenvalue weighted by Crippen LogP contribution is -2.31. The Morgan fingerprint density at radius 2 is 1.84 bits per heavy atom. The number of halogens is 1. The number of rotatable bonds is 6. The van der Waals surface area contributed by atoms with E-state index in [1.54, 1.807) is 6.92 Å². The Hall–Kier alpha value is -3.32. The smallest absolute Gasteiger partial charge is 0.290 e. The summed E-state index contributed by atoms with van der Waals surface area (Å²) in [6, 6.07) is 14.4. The summed E-state index contributed by atoms with van der Waals surface area (Å²) in [6.45, 7) is 4.01.